The Morgan fingerprint density at radius 2 is 1.80 bits per heavy atom. The van der Waals surface area contributed by atoms with E-state index in [2.05, 4.69) is 10.5 Å². The molecule has 25 heavy (non-hydrogen) atoms. The number of nitrogens with zero attached hydrogens (tertiary/aromatic N) is 2. The summed E-state index contributed by atoms with van der Waals surface area (Å²) >= 11 is 0. The van der Waals surface area contributed by atoms with Crippen molar-refractivity contribution in [3.05, 3.63) is 81.9 Å². The highest BCUT2D eigenvalue weighted by atomic mass is 16.6. The van der Waals surface area contributed by atoms with Gasteiger partial charge in [0.1, 0.15) is 5.75 Å². The van der Waals surface area contributed by atoms with Crippen molar-refractivity contribution in [1.82, 2.24) is 5.43 Å². The van der Waals surface area contributed by atoms with Gasteiger partial charge in [0.15, 0.2) is 0 Å². The van der Waals surface area contributed by atoms with Gasteiger partial charge >= 0.3 is 0 Å². The SMILES string of the molecule is O=C(N/N=C/c1cccc([N+](=O)[O-])c1)c1cc2ccccc2cc1O. The maximum atomic E-state index is 12.2. The summed E-state index contributed by atoms with van der Waals surface area (Å²) in [6, 6.07) is 16.3. The molecule has 3 aromatic rings. The van der Waals surface area contributed by atoms with Crippen LogP contribution in [-0.4, -0.2) is 22.2 Å². The first kappa shape index (κ1) is 16.1. The minimum atomic E-state index is -0.579. The van der Waals surface area contributed by atoms with E-state index in [9.17, 15) is 20.0 Å². The number of carbonyl (C=O) groups is 1. The molecule has 0 aliphatic carbocycles. The number of benzene rings is 3. The monoisotopic (exact) mass is 335 g/mol. The van der Waals surface area contributed by atoms with Crippen molar-refractivity contribution in [1.29, 1.82) is 0 Å². The van der Waals surface area contributed by atoms with Crippen LogP contribution < -0.4 is 5.43 Å². The first-order valence-corrected chi connectivity index (χ1v) is 7.34. The van der Waals surface area contributed by atoms with Crippen LogP contribution in [0.1, 0.15) is 15.9 Å². The lowest BCUT2D eigenvalue weighted by Gasteiger charge is -2.05. The minimum Gasteiger partial charge on any atom is -0.507 e. The fourth-order valence-corrected chi connectivity index (χ4v) is 2.35. The highest BCUT2D eigenvalue weighted by Crippen LogP contribution is 2.24. The number of rotatable bonds is 4. The second-order valence-electron chi connectivity index (χ2n) is 5.27. The Balaban J connectivity index is 1.77. The average molecular weight is 335 g/mol. The number of amides is 1. The van der Waals surface area contributed by atoms with Crippen LogP contribution in [0.15, 0.2) is 65.8 Å². The third-order valence-electron chi connectivity index (χ3n) is 3.57. The molecule has 1 amide bonds. The molecule has 0 heterocycles. The Hall–Kier alpha value is -3.74. The summed E-state index contributed by atoms with van der Waals surface area (Å²) in [6.07, 6.45) is 1.29. The highest BCUT2D eigenvalue weighted by molar-refractivity contribution is 6.01. The summed E-state index contributed by atoms with van der Waals surface area (Å²) in [5.41, 5.74) is 2.80. The van der Waals surface area contributed by atoms with Crippen LogP contribution in [-0.2, 0) is 0 Å². The maximum Gasteiger partial charge on any atom is 0.275 e. The van der Waals surface area contributed by atoms with Gasteiger partial charge in [-0.25, -0.2) is 5.43 Å². The molecule has 0 spiro atoms. The normalized spacial score (nSPS) is 10.9. The van der Waals surface area contributed by atoms with Crippen molar-refractivity contribution in [2.75, 3.05) is 0 Å². The van der Waals surface area contributed by atoms with E-state index in [1.807, 2.05) is 24.3 Å². The number of nitrogens with one attached hydrogen (secondary N) is 1. The zero-order chi connectivity index (χ0) is 17.8. The second kappa shape index (κ2) is 6.79. The van der Waals surface area contributed by atoms with Gasteiger partial charge in [-0.2, -0.15) is 5.10 Å². The number of nitro groups is 1. The van der Waals surface area contributed by atoms with E-state index in [1.165, 1.54) is 30.5 Å². The van der Waals surface area contributed by atoms with Crippen LogP contribution in [0.5, 0.6) is 5.75 Å². The minimum absolute atomic E-state index is 0.0672. The highest BCUT2D eigenvalue weighted by Gasteiger charge is 2.11. The molecule has 0 saturated carbocycles. The first-order valence-electron chi connectivity index (χ1n) is 7.34. The van der Waals surface area contributed by atoms with Gasteiger partial charge < -0.3 is 5.11 Å². The molecule has 0 atom stereocenters. The third kappa shape index (κ3) is 3.61. The molecule has 124 valence electrons. The van der Waals surface area contributed by atoms with E-state index in [4.69, 9.17) is 0 Å². The predicted molar refractivity (Wildman–Crippen MR) is 93.8 cm³/mol. The van der Waals surface area contributed by atoms with Gasteiger partial charge in [0.25, 0.3) is 11.6 Å². The molecule has 2 N–H and O–H groups in total. The van der Waals surface area contributed by atoms with Crippen LogP contribution in [0.2, 0.25) is 0 Å². The van der Waals surface area contributed by atoms with E-state index in [0.29, 0.717) is 5.56 Å². The summed E-state index contributed by atoms with van der Waals surface area (Å²) in [4.78, 5) is 22.4. The number of aromatic hydroxyl groups is 1. The predicted octanol–water partition coefficient (Wildman–Crippen LogP) is 3.22. The second-order valence-corrected chi connectivity index (χ2v) is 5.27. The maximum absolute atomic E-state index is 12.2. The zero-order valence-electron chi connectivity index (χ0n) is 12.9. The van der Waals surface area contributed by atoms with Crippen molar-refractivity contribution in [2.24, 2.45) is 5.10 Å². The average Bonchev–Trinajstić information content (AvgIpc) is 2.61. The molecule has 0 saturated heterocycles. The molecule has 0 radical (unpaired) electrons. The summed E-state index contributed by atoms with van der Waals surface area (Å²) < 4.78 is 0. The third-order valence-corrected chi connectivity index (χ3v) is 3.57. The molecule has 7 nitrogen and oxygen atoms in total. The van der Waals surface area contributed by atoms with E-state index < -0.39 is 10.8 Å². The Kier molecular flexibility index (Phi) is 4.38. The molecular formula is C18H13N3O4. The number of fused-ring (bicyclic) bond motifs is 1. The van der Waals surface area contributed by atoms with Crippen LogP contribution >= 0.6 is 0 Å². The molecule has 0 aliphatic heterocycles. The summed E-state index contributed by atoms with van der Waals surface area (Å²) in [5.74, 6) is -0.730. The smallest absolute Gasteiger partial charge is 0.275 e. The summed E-state index contributed by atoms with van der Waals surface area (Å²) in [7, 11) is 0. The zero-order valence-corrected chi connectivity index (χ0v) is 12.9. The van der Waals surface area contributed by atoms with Gasteiger partial charge in [-0.05, 0) is 22.9 Å². The lowest BCUT2D eigenvalue weighted by atomic mass is 10.1. The van der Waals surface area contributed by atoms with Crippen LogP contribution in [0.3, 0.4) is 0 Å². The number of non-ortho nitro benzene ring substituents is 1. The topological polar surface area (TPSA) is 105 Å². The molecule has 0 fully saturated rings. The van der Waals surface area contributed by atoms with Gasteiger partial charge in [0.05, 0.1) is 16.7 Å². The Bertz CT molecular complexity index is 999. The van der Waals surface area contributed by atoms with Crippen molar-refractivity contribution in [3.8, 4) is 5.75 Å². The van der Waals surface area contributed by atoms with Gasteiger partial charge in [0.2, 0.25) is 0 Å². The van der Waals surface area contributed by atoms with Gasteiger partial charge in [0, 0.05) is 17.7 Å². The number of hydrazone groups is 1. The van der Waals surface area contributed by atoms with Crippen LogP contribution in [0.4, 0.5) is 5.69 Å². The number of phenolic OH excluding ortho intramolecular Hbond substituents is 1. The molecule has 0 aromatic heterocycles. The lowest BCUT2D eigenvalue weighted by molar-refractivity contribution is -0.384. The Morgan fingerprint density at radius 1 is 1.08 bits per heavy atom. The molecule has 0 bridgehead atoms. The van der Waals surface area contributed by atoms with Gasteiger partial charge in [-0.3, -0.25) is 14.9 Å². The fraction of sp³-hybridized carbons (Fsp3) is 0. The first-order chi connectivity index (χ1) is 12.0. The molecule has 3 aromatic carbocycles. The van der Waals surface area contributed by atoms with E-state index >= 15 is 0 Å². The molecule has 3 rings (SSSR count). The van der Waals surface area contributed by atoms with Gasteiger partial charge in [-0.1, -0.05) is 36.4 Å². The number of hydrogen-bond acceptors (Lipinski definition) is 5. The van der Waals surface area contributed by atoms with Crippen LogP contribution in [0.25, 0.3) is 10.8 Å². The number of nitro benzene ring substituents is 1. The van der Waals surface area contributed by atoms with E-state index in [0.717, 1.165) is 10.8 Å². The van der Waals surface area contributed by atoms with Crippen molar-refractivity contribution in [3.63, 3.8) is 0 Å². The number of carbonyl (C=O) groups excluding carboxylic acids is 1. The summed E-state index contributed by atoms with van der Waals surface area (Å²) in [6.45, 7) is 0. The van der Waals surface area contributed by atoms with Crippen molar-refractivity contribution < 1.29 is 14.8 Å². The van der Waals surface area contributed by atoms with Gasteiger partial charge in [-0.15, -0.1) is 0 Å². The fourth-order valence-electron chi connectivity index (χ4n) is 2.35. The quantitative estimate of drug-likeness (QED) is 0.434. The number of hydrogen-bond donors (Lipinski definition) is 2. The number of phenols is 1. The molecule has 0 unspecified atom stereocenters. The van der Waals surface area contributed by atoms with E-state index in [-0.39, 0.29) is 17.0 Å². The van der Waals surface area contributed by atoms with Crippen molar-refractivity contribution in [2.45, 2.75) is 0 Å². The molecular weight excluding hydrogens is 322 g/mol. The van der Waals surface area contributed by atoms with E-state index in [1.54, 1.807) is 12.1 Å². The lowest BCUT2D eigenvalue weighted by Crippen LogP contribution is -2.17. The Morgan fingerprint density at radius 3 is 2.52 bits per heavy atom. The van der Waals surface area contributed by atoms with Crippen molar-refractivity contribution >= 4 is 28.6 Å². The molecule has 0 aliphatic rings. The Labute approximate surface area is 142 Å². The molecule has 7 heteroatoms. The van der Waals surface area contributed by atoms with Crippen LogP contribution in [0, 0.1) is 10.1 Å². The summed E-state index contributed by atoms with van der Waals surface area (Å²) in [5, 5.41) is 26.1. The standard InChI is InChI=1S/C18H13N3O4/c22-17-10-14-6-2-1-5-13(14)9-16(17)18(23)20-19-11-12-4-3-7-15(8-12)21(24)25/h1-11,22H,(H,20,23)/b19-11+. The largest absolute Gasteiger partial charge is 0.507 e.